The molecule has 1 N–H and O–H groups in total. The van der Waals surface area contributed by atoms with E-state index in [1.807, 2.05) is 11.4 Å². The maximum atomic E-state index is 11.2. The SMILES string of the molecule is CCOC(=O)NC(=O)COc1ccccc1. The molecule has 2 amide bonds. The van der Waals surface area contributed by atoms with E-state index < -0.39 is 12.0 Å². The van der Waals surface area contributed by atoms with E-state index >= 15 is 0 Å². The first-order valence-electron chi connectivity index (χ1n) is 4.87. The summed E-state index contributed by atoms with van der Waals surface area (Å²) >= 11 is 0. The summed E-state index contributed by atoms with van der Waals surface area (Å²) in [5.41, 5.74) is 0. The van der Waals surface area contributed by atoms with Gasteiger partial charge in [0.15, 0.2) is 6.61 Å². The summed E-state index contributed by atoms with van der Waals surface area (Å²) in [6, 6.07) is 8.86. The number of carbonyl (C=O) groups excluding carboxylic acids is 2. The van der Waals surface area contributed by atoms with Crippen LogP contribution >= 0.6 is 0 Å². The molecule has 0 saturated carbocycles. The zero-order valence-electron chi connectivity index (χ0n) is 8.93. The Hall–Kier alpha value is -2.04. The van der Waals surface area contributed by atoms with Crippen LogP contribution in [0, 0.1) is 0 Å². The average molecular weight is 223 g/mol. The number of para-hydroxylation sites is 1. The molecule has 0 atom stereocenters. The Labute approximate surface area is 93.4 Å². The quantitative estimate of drug-likeness (QED) is 0.836. The minimum Gasteiger partial charge on any atom is -0.484 e. The van der Waals surface area contributed by atoms with Gasteiger partial charge in [-0.15, -0.1) is 0 Å². The van der Waals surface area contributed by atoms with E-state index in [1.54, 1.807) is 31.2 Å². The number of carbonyl (C=O) groups is 2. The molecule has 0 spiro atoms. The minimum atomic E-state index is -0.760. The largest absolute Gasteiger partial charge is 0.484 e. The number of alkyl carbamates (subject to hydrolysis) is 1. The molecule has 0 radical (unpaired) electrons. The van der Waals surface area contributed by atoms with Gasteiger partial charge in [-0.1, -0.05) is 18.2 Å². The second-order valence-corrected chi connectivity index (χ2v) is 2.87. The molecule has 16 heavy (non-hydrogen) atoms. The highest BCUT2D eigenvalue weighted by Crippen LogP contribution is 2.07. The maximum absolute atomic E-state index is 11.2. The van der Waals surface area contributed by atoms with E-state index in [0.717, 1.165) is 0 Å². The molecule has 86 valence electrons. The van der Waals surface area contributed by atoms with Crippen LogP contribution in [0.25, 0.3) is 0 Å². The number of nitrogens with one attached hydrogen (secondary N) is 1. The summed E-state index contributed by atoms with van der Waals surface area (Å²) in [5, 5.41) is 2.03. The van der Waals surface area contributed by atoms with Crippen LogP contribution < -0.4 is 10.1 Å². The first-order valence-corrected chi connectivity index (χ1v) is 4.87. The molecular formula is C11H13NO4. The molecule has 0 bridgehead atoms. The molecule has 5 nitrogen and oxygen atoms in total. The molecule has 1 aromatic carbocycles. The average Bonchev–Trinajstić information content (AvgIpc) is 2.28. The third-order valence-corrected chi connectivity index (χ3v) is 1.63. The molecular weight excluding hydrogens is 210 g/mol. The third kappa shape index (κ3) is 4.45. The number of benzene rings is 1. The lowest BCUT2D eigenvalue weighted by Gasteiger charge is -2.06. The van der Waals surface area contributed by atoms with Crippen molar-refractivity contribution in [3.63, 3.8) is 0 Å². The van der Waals surface area contributed by atoms with Gasteiger partial charge in [-0.2, -0.15) is 0 Å². The van der Waals surface area contributed by atoms with Crippen LogP contribution in [-0.2, 0) is 9.53 Å². The van der Waals surface area contributed by atoms with Gasteiger partial charge in [-0.05, 0) is 19.1 Å². The van der Waals surface area contributed by atoms with E-state index in [-0.39, 0.29) is 13.2 Å². The molecule has 0 unspecified atom stereocenters. The molecule has 1 aromatic rings. The van der Waals surface area contributed by atoms with Crippen LogP contribution in [0.2, 0.25) is 0 Å². The second kappa shape index (κ2) is 6.44. The molecule has 0 saturated heterocycles. The monoisotopic (exact) mass is 223 g/mol. The van der Waals surface area contributed by atoms with Crippen molar-refractivity contribution < 1.29 is 19.1 Å². The standard InChI is InChI=1S/C11H13NO4/c1-2-15-11(14)12-10(13)8-16-9-6-4-3-5-7-9/h3-7H,2,8H2,1H3,(H,12,13,14). The molecule has 0 aliphatic heterocycles. The number of imide groups is 1. The topological polar surface area (TPSA) is 64.6 Å². The Morgan fingerprint density at radius 1 is 1.25 bits per heavy atom. The fourth-order valence-corrected chi connectivity index (χ4v) is 0.983. The van der Waals surface area contributed by atoms with Crippen LogP contribution in [0.15, 0.2) is 30.3 Å². The van der Waals surface area contributed by atoms with Gasteiger partial charge in [-0.25, -0.2) is 4.79 Å². The van der Waals surface area contributed by atoms with E-state index in [1.165, 1.54) is 0 Å². The Morgan fingerprint density at radius 2 is 1.94 bits per heavy atom. The predicted molar refractivity (Wildman–Crippen MR) is 57.1 cm³/mol. The number of rotatable bonds is 4. The summed E-state index contributed by atoms with van der Waals surface area (Å²) in [4.78, 5) is 22.0. The first-order chi connectivity index (χ1) is 7.72. The van der Waals surface area contributed by atoms with Crippen molar-refractivity contribution in [3.05, 3.63) is 30.3 Å². The van der Waals surface area contributed by atoms with E-state index in [0.29, 0.717) is 5.75 Å². The number of amides is 2. The Morgan fingerprint density at radius 3 is 2.56 bits per heavy atom. The normalized spacial score (nSPS) is 9.31. The lowest BCUT2D eigenvalue weighted by atomic mass is 10.3. The van der Waals surface area contributed by atoms with Gasteiger partial charge in [0.25, 0.3) is 5.91 Å². The highest BCUT2D eigenvalue weighted by molar-refractivity contribution is 5.92. The molecule has 0 aliphatic carbocycles. The second-order valence-electron chi connectivity index (χ2n) is 2.87. The summed E-state index contributed by atoms with van der Waals surface area (Å²) in [6.07, 6.45) is -0.760. The van der Waals surface area contributed by atoms with Gasteiger partial charge in [0.1, 0.15) is 5.75 Å². The molecule has 0 heterocycles. The van der Waals surface area contributed by atoms with E-state index in [4.69, 9.17) is 4.74 Å². The van der Waals surface area contributed by atoms with Crippen molar-refractivity contribution in [1.29, 1.82) is 0 Å². The number of ether oxygens (including phenoxy) is 2. The lowest BCUT2D eigenvalue weighted by molar-refractivity contribution is -0.122. The molecule has 0 aliphatic rings. The van der Waals surface area contributed by atoms with Crippen LogP contribution in [0.3, 0.4) is 0 Å². The van der Waals surface area contributed by atoms with Crippen molar-refractivity contribution >= 4 is 12.0 Å². The lowest BCUT2D eigenvalue weighted by Crippen LogP contribution is -2.34. The molecule has 0 fully saturated rings. The summed E-state index contributed by atoms with van der Waals surface area (Å²) in [5.74, 6) is 0.0313. The number of hydrogen-bond donors (Lipinski definition) is 1. The van der Waals surface area contributed by atoms with Gasteiger partial charge in [0.05, 0.1) is 6.61 Å². The Kier molecular flexibility index (Phi) is 4.85. The van der Waals surface area contributed by atoms with Crippen LogP contribution in [-0.4, -0.2) is 25.2 Å². The highest BCUT2D eigenvalue weighted by atomic mass is 16.5. The van der Waals surface area contributed by atoms with Crippen LogP contribution in [0.1, 0.15) is 6.92 Å². The van der Waals surface area contributed by atoms with E-state index in [2.05, 4.69) is 4.74 Å². The third-order valence-electron chi connectivity index (χ3n) is 1.63. The van der Waals surface area contributed by atoms with Crippen molar-refractivity contribution in [2.75, 3.05) is 13.2 Å². The smallest absolute Gasteiger partial charge is 0.413 e. The van der Waals surface area contributed by atoms with Crippen molar-refractivity contribution in [2.24, 2.45) is 0 Å². The van der Waals surface area contributed by atoms with Crippen molar-refractivity contribution in [2.45, 2.75) is 6.92 Å². The predicted octanol–water partition coefficient (Wildman–Crippen LogP) is 1.34. The first kappa shape index (κ1) is 12.0. The summed E-state index contributed by atoms with van der Waals surface area (Å²) in [7, 11) is 0. The van der Waals surface area contributed by atoms with Crippen LogP contribution in [0.5, 0.6) is 5.75 Å². The fourth-order valence-electron chi connectivity index (χ4n) is 0.983. The van der Waals surface area contributed by atoms with Gasteiger partial charge < -0.3 is 9.47 Å². The van der Waals surface area contributed by atoms with Gasteiger partial charge in [0.2, 0.25) is 0 Å². The molecule has 1 rings (SSSR count). The summed E-state index contributed by atoms with van der Waals surface area (Å²) < 4.78 is 9.67. The summed E-state index contributed by atoms with van der Waals surface area (Å²) in [6.45, 7) is 1.66. The maximum Gasteiger partial charge on any atom is 0.413 e. The fraction of sp³-hybridized carbons (Fsp3) is 0.273. The molecule has 0 aromatic heterocycles. The minimum absolute atomic E-state index is 0.219. The van der Waals surface area contributed by atoms with Gasteiger partial charge >= 0.3 is 6.09 Å². The van der Waals surface area contributed by atoms with Crippen molar-refractivity contribution in [1.82, 2.24) is 5.32 Å². The molecule has 5 heteroatoms. The Balaban J connectivity index is 2.28. The zero-order valence-corrected chi connectivity index (χ0v) is 8.93. The van der Waals surface area contributed by atoms with Crippen LogP contribution in [0.4, 0.5) is 4.79 Å². The number of hydrogen-bond acceptors (Lipinski definition) is 4. The van der Waals surface area contributed by atoms with Crippen molar-refractivity contribution in [3.8, 4) is 5.75 Å². The van der Waals surface area contributed by atoms with E-state index in [9.17, 15) is 9.59 Å². The highest BCUT2D eigenvalue weighted by Gasteiger charge is 2.08. The zero-order chi connectivity index (χ0) is 11.8. The Bertz CT molecular complexity index is 350. The van der Waals surface area contributed by atoms with Gasteiger partial charge in [-0.3, -0.25) is 10.1 Å². The van der Waals surface area contributed by atoms with Gasteiger partial charge in [0, 0.05) is 0 Å².